The molecule has 0 aliphatic heterocycles. The Morgan fingerprint density at radius 3 is 2.19 bits per heavy atom. The Morgan fingerprint density at radius 1 is 0.938 bits per heavy atom. The lowest BCUT2D eigenvalue weighted by Crippen LogP contribution is -2.00. The average molecular weight is 232 g/mol. The zero-order valence-electron chi connectivity index (χ0n) is 8.92. The third kappa shape index (κ3) is 2.70. The summed E-state index contributed by atoms with van der Waals surface area (Å²) in [5.74, 6) is 0.618. The van der Waals surface area contributed by atoms with Gasteiger partial charge < -0.3 is 4.18 Å². The Morgan fingerprint density at radius 2 is 1.56 bits per heavy atom. The molecule has 2 aromatic carbocycles. The highest BCUT2D eigenvalue weighted by atomic mass is 32.2. The topological polar surface area (TPSA) is 26.3 Å². The molecule has 0 saturated carbocycles. The predicted molar refractivity (Wildman–Crippen MR) is 64.7 cm³/mol. The fourth-order valence-electron chi connectivity index (χ4n) is 1.26. The highest BCUT2D eigenvalue weighted by molar-refractivity contribution is 7.80. The fraction of sp³-hybridized carbons (Fsp3) is 0.0769. The zero-order chi connectivity index (χ0) is 11.4. The molecule has 0 aliphatic rings. The SMILES string of the molecule is Cc1ccc(OS(=O)c2ccccc2)cc1. The molecule has 16 heavy (non-hydrogen) atoms. The van der Waals surface area contributed by atoms with Crippen molar-refractivity contribution in [1.82, 2.24) is 0 Å². The highest BCUT2D eigenvalue weighted by Crippen LogP contribution is 2.15. The molecular formula is C13H12O2S. The van der Waals surface area contributed by atoms with Gasteiger partial charge in [-0.05, 0) is 31.2 Å². The second kappa shape index (κ2) is 4.94. The first-order valence-electron chi connectivity index (χ1n) is 4.97. The maximum absolute atomic E-state index is 11.8. The highest BCUT2D eigenvalue weighted by Gasteiger charge is 2.04. The standard InChI is InChI=1S/C13H12O2S/c1-11-7-9-12(10-8-11)15-16(14)13-5-3-2-4-6-13/h2-10H,1H3. The smallest absolute Gasteiger partial charge is 0.240 e. The van der Waals surface area contributed by atoms with Gasteiger partial charge in [-0.15, -0.1) is 0 Å². The van der Waals surface area contributed by atoms with E-state index in [-0.39, 0.29) is 0 Å². The first kappa shape index (κ1) is 10.9. The number of rotatable bonds is 3. The van der Waals surface area contributed by atoms with E-state index in [9.17, 15) is 4.21 Å². The van der Waals surface area contributed by atoms with Gasteiger partial charge in [0.15, 0.2) is 0 Å². The van der Waals surface area contributed by atoms with E-state index in [4.69, 9.17) is 4.18 Å². The van der Waals surface area contributed by atoms with Crippen molar-refractivity contribution >= 4 is 11.1 Å². The van der Waals surface area contributed by atoms with Crippen LogP contribution in [0.5, 0.6) is 5.75 Å². The Labute approximate surface area is 97.6 Å². The van der Waals surface area contributed by atoms with E-state index in [0.717, 1.165) is 5.56 Å². The summed E-state index contributed by atoms with van der Waals surface area (Å²) in [7, 11) is 0. The molecule has 1 atom stereocenters. The molecule has 82 valence electrons. The Hall–Kier alpha value is -1.61. The van der Waals surface area contributed by atoms with Crippen molar-refractivity contribution in [1.29, 1.82) is 0 Å². The first-order valence-corrected chi connectivity index (χ1v) is 6.05. The second-order valence-electron chi connectivity index (χ2n) is 3.44. The summed E-state index contributed by atoms with van der Waals surface area (Å²) in [6.45, 7) is 2.00. The molecule has 0 aromatic heterocycles. The van der Waals surface area contributed by atoms with Crippen molar-refractivity contribution in [2.45, 2.75) is 11.8 Å². The molecule has 0 amide bonds. The van der Waals surface area contributed by atoms with Crippen LogP contribution in [-0.4, -0.2) is 4.21 Å². The Balaban J connectivity index is 2.11. The summed E-state index contributed by atoms with van der Waals surface area (Å²) in [5.41, 5.74) is 1.15. The maximum Gasteiger partial charge on any atom is 0.240 e. The van der Waals surface area contributed by atoms with Crippen LogP contribution in [0.15, 0.2) is 59.5 Å². The van der Waals surface area contributed by atoms with E-state index in [1.54, 1.807) is 12.1 Å². The molecule has 3 heteroatoms. The molecule has 0 fully saturated rings. The molecular weight excluding hydrogens is 220 g/mol. The van der Waals surface area contributed by atoms with Gasteiger partial charge in [0, 0.05) is 0 Å². The monoisotopic (exact) mass is 232 g/mol. The number of benzene rings is 2. The summed E-state index contributed by atoms with van der Waals surface area (Å²) in [5, 5.41) is 0. The van der Waals surface area contributed by atoms with Gasteiger partial charge >= 0.3 is 0 Å². The van der Waals surface area contributed by atoms with Crippen LogP contribution in [0.2, 0.25) is 0 Å². The van der Waals surface area contributed by atoms with Crippen molar-refractivity contribution < 1.29 is 8.39 Å². The number of hydrogen-bond donors (Lipinski definition) is 0. The van der Waals surface area contributed by atoms with Gasteiger partial charge in [-0.3, -0.25) is 0 Å². The molecule has 2 aromatic rings. The van der Waals surface area contributed by atoms with E-state index in [2.05, 4.69) is 0 Å². The lowest BCUT2D eigenvalue weighted by atomic mass is 10.2. The Bertz CT molecular complexity index is 477. The summed E-state index contributed by atoms with van der Waals surface area (Å²) < 4.78 is 17.1. The molecule has 0 radical (unpaired) electrons. The van der Waals surface area contributed by atoms with Crippen LogP contribution >= 0.6 is 0 Å². The second-order valence-corrected chi connectivity index (χ2v) is 4.55. The minimum Gasteiger partial charge on any atom is -0.397 e. The summed E-state index contributed by atoms with van der Waals surface area (Å²) in [4.78, 5) is 0.670. The summed E-state index contributed by atoms with van der Waals surface area (Å²) in [6, 6.07) is 16.6. The van der Waals surface area contributed by atoms with E-state index in [1.807, 2.05) is 49.4 Å². The molecule has 0 aliphatic carbocycles. The molecule has 0 N–H and O–H groups in total. The van der Waals surface area contributed by atoms with Gasteiger partial charge in [0.2, 0.25) is 11.1 Å². The molecule has 2 nitrogen and oxygen atoms in total. The Kier molecular flexibility index (Phi) is 3.37. The van der Waals surface area contributed by atoms with Crippen molar-refractivity contribution in [2.75, 3.05) is 0 Å². The van der Waals surface area contributed by atoms with Gasteiger partial charge in [-0.2, -0.15) is 0 Å². The van der Waals surface area contributed by atoms with E-state index < -0.39 is 11.1 Å². The average Bonchev–Trinajstić information content (AvgIpc) is 2.33. The van der Waals surface area contributed by atoms with Crippen LogP contribution in [0.25, 0.3) is 0 Å². The van der Waals surface area contributed by atoms with Gasteiger partial charge in [-0.25, -0.2) is 4.21 Å². The lowest BCUT2D eigenvalue weighted by molar-refractivity contribution is 0.562. The van der Waals surface area contributed by atoms with Crippen molar-refractivity contribution in [3.63, 3.8) is 0 Å². The van der Waals surface area contributed by atoms with Crippen LogP contribution in [-0.2, 0) is 11.1 Å². The fourth-order valence-corrected chi connectivity index (χ4v) is 2.02. The largest absolute Gasteiger partial charge is 0.397 e. The van der Waals surface area contributed by atoms with E-state index in [0.29, 0.717) is 10.6 Å². The molecule has 2 rings (SSSR count). The van der Waals surface area contributed by atoms with Crippen LogP contribution in [0.1, 0.15) is 5.56 Å². The summed E-state index contributed by atoms with van der Waals surface area (Å²) >= 11 is -1.44. The normalized spacial score (nSPS) is 12.1. The van der Waals surface area contributed by atoms with Gasteiger partial charge in [0.1, 0.15) is 5.75 Å². The zero-order valence-corrected chi connectivity index (χ0v) is 9.74. The number of hydrogen-bond acceptors (Lipinski definition) is 2. The number of aryl methyl sites for hydroxylation is 1. The van der Waals surface area contributed by atoms with Crippen molar-refractivity contribution in [3.05, 3.63) is 60.2 Å². The molecule has 1 unspecified atom stereocenters. The minimum atomic E-state index is -1.44. The van der Waals surface area contributed by atoms with Gasteiger partial charge in [-0.1, -0.05) is 35.9 Å². The van der Waals surface area contributed by atoms with Crippen LogP contribution in [0.4, 0.5) is 0 Å². The lowest BCUT2D eigenvalue weighted by Gasteiger charge is -2.04. The summed E-state index contributed by atoms with van der Waals surface area (Å²) in [6.07, 6.45) is 0. The van der Waals surface area contributed by atoms with Gasteiger partial charge in [0.05, 0.1) is 4.90 Å². The maximum atomic E-state index is 11.8. The van der Waals surface area contributed by atoms with E-state index in [1.165, 1.54) is 0 Å². The van der Waals surface area contributed by atoms with Crippen LogP contribution < -0.4 is 4.18 Å². The van der Waals surface area contributed by atoms with Crippen molar-refractivity contribution in [3.8, 4) is 5.75 Å². The van der Waals surface area contributed by atoms with E-state index >= 15 is 0 Å². The van der Waals surface area contributed by atoms with Gasteiger partial charge in [0.25, 0.3) is 0 Å². The predicted octanol–water partition coefficient (Wildman–Crippen LogP) is 3.10. The third-order valence-corrected chi connectivity index (χ3v) is 3.13. The quantitative estimate of drug-likeness (QED) is 0.812. The minimum absolute atomic E-state index is 0.618. The first-order chi connectivity index (χ1) is 7.75. The van der Waals surface area contributed by atoms with Crippen LogP contribution in [0, 0.1) is 6.92 Å². The van der Waals surface area contributed by atoms with Crippen LogP contribution in [0.3, 0.4) is 0 Å². The van der Waals surface area contributed by atoms with Crippen molar-refractivity contribution in [2.24, 2.45) is 0 Å². The molecule has 0 saturated heterocycles. The third-order valence-electron chi connectivity index (χ3n) is 2.13. The molecule has 0 spiro atoms. The molecule has 0 heterocycles. The molecule has 0 bridgehead atoms.